The monoisotopic (exact) mass is 195 g/mol. The van der Waals surface area contributed by atoms with Gasteiger partial charge in [-0.1, -0.05) is 0 Å². The topological polar surface area (TPSA) is 64.9 Å². The van der Waals surface area contributed by atoms with Crippen LogP contribution < -0.4 is 11.5 Å². The molecule has 0 aromatic carbocycles. The Kier molecular flexibility index (Phi) is 7.41. The average molecular weight is 196 g/mol. The second kappa shape index (κ2) is 6.22. The molecular formula is C6H11Cl2N3. The fourth-order valence-corrected chi connectivity index (χ4v) is 0.621. The maximum atomic E-state index is 5.37. The number of hydrogen-bond donors (Lipinski definition) is 2. The first-order valence-corrected chi connectivity index (χ1v) is 2.73. The molecule has 0 amide bonds. The summed E-state index contributed by atoms with van der Waals surface area (Å²) in [5.74, 6) is 0.526. The van der Waals surface area contributed by atoms with Gasteiger partial charge in [0.05, 0.1) is 0 Å². The molecule has 1 rings (SSSR count). The first-order valence-electron chi connectivity index (χ1n) is 2.73. The predicted octanol–water partition coefficient (Wildman–Crippen LogP) is 0.966. The lowest BCUT2D eigenvalue weighted by Gasteiger charge is -1.94. The fraction of sp³-hybridized carbons (Fsp3) is 0.167. The van der Waals surface area contributed by atoms with Gasteiger partial charge in [-0.05, 0) is 17.7 Å². The minimum Gasteiger partial charge on any atom is -0.384 e. The molecule has 0 bridgehead atoms. The Balaban J connectivity index is 0. The highest BCUT2D eigenvalue weighted by molar-refractivity contribution is 5.85. The summed E-state index contributed by atoms with van der Waals surface area (Å²) in [6.45, 7) is 0.521. The third kappa shape index (κ3) is 4.03. The molecule has 5 heteroatoms. The molecule has 64 valence electrons. The first kappa shape index (κ1) is 13.1. The van der Waals surface area contributed by atoms with E-state index >= 15 is 0 Å². The molecule has 0 aliphatic carbocycles. The normalized spacial score (nSPS) is 7.73. The van der Waals surface area contributed by atoms with Crippen molar-refractivity contribution < 1.29 is 0 Å². The Bertz CT molecular complexity index is 205. The van der Waals surface area contributed by atoms with Crippen LogP contribution in [-0.4, -0.2) is 4.98 Å². The second-order valence-corrected chi connectivity index (χ2v) is 1.79. The summed E-state index contributed by atoms with van der Waals surface area (Å²) >= 11 is 0. The Morgan fingerprint density at radius 2 is 2.00 bits per heavy atom. The highest BCUT2D eigenvalue weighted by Crippen LogP contribution is 2.00. The fourth-order valence-electron chi connectivity index (χ4n) is 0.621. The summed E-state index contributed by atoms with van der Waals surface area (Å²) < 4.78 is 0. The molecule has 11 heavy (non-hydrogen) atoms. The van der Waals surface area contributed by atoms with Crippen molar-refractivity contribution in [3.05, 3.63) is 23.9 Å². The van der Waals surface area contributed by atoms with Gasteiger partial charge in [-0.2, -0.15) is 0 Å². The van der Waals surface area contributed by atoms with Crippen molar-refractivity contribution in [1.29, 1.82) is 0 Å². The van der Waals surface area contributed by atoms with Crippen LogP contribution in [0, 0.1) is 0 Å². The zero-order valence-corrected chi connectivity index (χ0v) is 7.49. The van der Waals surface area contributed by atoms with Gasteiger partial charge in [0.25, 0.3) is 0 Å². The summed E-state index contributed by atoms with van der Waals surface area (Å²) in [4.78, 5) is 3.81. The molecule has 0 saturated carbocycles. The first-order chi connectivity index (χ1) is 4.33. The zero-order valence-electron chi connectivity index (χ0n) is 5.86. The molecule has 0 fully saturated rings. The maximum Gasteiger partial charge on any atom is 0.123 e. The largest absolute Gasteiger partial charge is 0.384 e. The van der Waals surface area contributed by atoms with Gasteiger partial charge in [0.2, 0.25) is 0 Å². The van der Waals surface area contributed by atoms with E-state index in [1.54, 1.807) is 12.3 Å². The van der Waals surface area contributed by atoms with Gasteiger partial charge in [-0.25, -0.2) is 4.98 Å². The van der Waals surface area contributed by atoms with Crippen LogP contribution in [0.3, 0.4) is 0 Å². The number of nitrogen functional groups attached to an aromatic ring is 1. The highest BCUT2D eigenvalue weighted by atomic mass is 35.5. The van der Waals surface area contributed by atoms with E-state index in [0.29, 0.717) is 12.4 Å². The van der Waals surface area contributed by atoms with Crippen LogP contribution in [0.5, 0.6) is 0 Å². The number of hydrogen-bond acceptors (Lipinski definition) is 3. The minimum absolute atomic E-state index is 0. The van der Waals surface area contributed by atoms with Gasteiger partial charge in [-0.3, -0.25) is 0 Å². The van der Waals surface area contributed by atoms with E-state index in [0.717, 1.165) is 5.56 Å². The van der Waals surface area contributed by atoms with Crippen LogP contribution in [0.15, 0.2) is 18.3 Å². The van der Waals surface area contributed by atoms with Crippen molar-refractivity contribution in [3.8, 4) is 0 Å². The van der Waals surface area contributed by atoms with E-state index in [2.05, 4.69) is 4.98 Å². The third-order valence-corrected chi connectivity index (χ3v) is 1.08. The standard InChI is InChI=1S/C6H9N3.2ClH/c7-4-5-1-2-9-6(8)3-5;;/h1-3H,4,7H2,(H2,8,9);2*1H. The lowest BCUT2D eigenvalue weighted by molar-refractivity contribution is 1.06. The second-order valence-electron chi connectivity index (χ2n) is 1.79. The third-order valence-electron chi connectivity index (χ3n) is 1.08. The number of aromatic nitrogens is 1. The van der Waals surface area contributed by atoms with Crippen molar-refractivity contribution >= 4 is 30.6 Å². The van der Waals surface area contributed by atoms with Crippen molar-refractivity contribution in [2.24, 2.45) is 5.73 Å². The van der Waals surface area contributed by atoms with Gasteiger partial charge in [0, 0.05) is 12.7 Å². The zero-order chi connectivity index (χ0) is 6.69. The van der Waals surface area contributed by atoms with E-state index in [4.69, 9.17) is 11.5 Å². The lowest BCUT2D eigenvalue weighted by atomic mass is 10.3. The van der Waals surface area contributed by atoms with E-state index in [9.17, 15) is 0 Å². The smallest absolute Gasteiger partial charge is 0.123 e. The highest BCUT2D eigenvalue weighted by Gasteiger charge is 1.87. The van der Waals surface area contributed by atoms with Crippen LogP contribution in [0.2, 0.25) is 0 Å². The van der Waals surface area contributed by atoms with Crippen molar-refractivity contribution in [1.82, 2.24) is 4.98 Å². The molecule has 0 aliphatic rings. The molecule has 0 unspecified atom stereocenters. The average Bonchev–Trinajstić information content (AvgIpc) is 1.88. The quantitative estimate of drug-likeness (QED) is 0.703. The molecule has 0 atom stereocenters. The van der Waals surface area contributed by atoms with Crippen molar-refractivity contribution in [2.75, 3.05) is 5.73 Å². The summed E-state index contributed by atoms with van der Waals surface area (Å²) in [7, 11) is 0. The van der Waals surface area contributed by atoms with E-state index < -0.39 is 0 Å². The summed E-state index contributed by atoms with van der Waals surface area (Å²) in [5.41, 5.74) is 11.7. The molecule has 0 saturated heterocycles. The number of nitrogens with zero attached hydrogens (tertiary/aromatic N) is 1. The Hall–Kier alpha value is -0.510. The predicted molar refractivity (Wildman–Crippen MR) is 51.0 cm³/mol. The Morgan fingerprint density at radius 3 is 2.36 bits per heavy atom. The SMILES string of the molecule is Cl.Cl.NCc1ccnc(N)c1. The van der Waals surface area contributed by atoms with Gasteiger partial charge < -0.3 is 11.5 Å². The van der Waals surface area contributed by atoms with Crippen LogP contribution in [-0.2, 0) is 6.54 Å². The molecule has 0 aliphatic heterocycles. The van der Waals surface area contributed by atoms with Crippen LogP contribution >= 0.6 is 24.8 Å². The van der Waals surface area contributed by atoms with E-state index in [-0.39, 0.29) is 24.8 Å². The van der Waals surface area contributed by atoms with Gasteiger partial charge in [0.1, 0.15) is 5.82 Å². The van der Waals surface area contributed by atoms with E-state index in [1.807, 2.05) is 6.07 Å². The number of anilines is 1. The molecule has 3 nitrogen and oxygen atoms in total. The Labute approximate surface area is 78.0 Å². The summed E-state index contributed by atoms with van der Waals surface area (Å²) in [6, 6.07) is 3.61. The summed E-state index contributed by atoms with van der Waals surface area (Å²) in [6.07, 6.45) is 1.65. The number of halogens is 2. The maximum absolute atomic E-state index is 5.37. The van der Waals surface area contributed by atoms with Gasteiger partial charge in [-0.15, -0.1) is 24.8 Å². The van der Waals surface area contributed by atoms with Crippen LogP contribution in [0.25, 0.3) is 0 Å². The summed E-state index contributed by atoms with van der Waals surface area (Å²) in [5, 5.41) is 0. The lowest BCUT2D eigenvalue weighted by Crippen LogP contribution is -1.98. The van der Waals surface area contributed by atoms with Crippen LogP contribution in [0.4, 0.5) is 5.82 Å². The molecule has 1 aromatic heterocycles. The van der Waals surface area contributed by atoms with Gasteiger partial charge in [0.15, 0.2) is 0 Å². The van der Waals surface area contributed by atoms with Crippen LogP contribution in [0.1, 0.15) is 5.56 Å². The number of rotatable bonds is 1. The van der Waals surface area contributed by atoms with E-state index in [1.165, 1.54) is 0 Å². The molecule has 1 aromatic rings. The van der Waals surface area contributed by atoms with Crippen molar-refractivity contribution in [3.63, 3.8) is 0 Å². The van der Waals surface area contributed by atoms with Crippen molar-refractivity contribution in [2.45, 2.75) is 6.54 Å². The number of nitrogens with two attached hydrogens (primary N) is 2. The molecule has 1 heterocycles. The minimum atomic E-state index is 0. The number of pyridine rings is 1. The Morgan fingerprint density at radius 1 is 1.36 bits per heavy atom. The molecular weight excluding hydrogens is 185 g/mol. The molecule has 4 N–H and O–H groups in total. The molecule has 0 spiro atoms. The molecule has 0 radical (unpaired) electrons. The van der Waals surface area contributed by atoms with Gasteiger partial charge >= 0.3 is 0 Å².